The molecule has 9 unspecified atom stereocenters. The van der Waals surface area contributed by atoms with Crippen molar-refractivity contribution in [2.75, 3.05) is 12.3 Å². The highest BCUT2D eigenvalue weighted by molar-refractivity contribution is 7.85. The Balaban J connectivity index is 1.42. The zero-order valence-corrected chi connectivity index (χ0v) is 21.5. The van der Waals surface area contributed by atoms with Crippen LogP contribution in [-0.2, 0) is 19.7 Å². The van der Waals surface area contributed by atoms with Crippen LogP contribution in [0.4, 0.5) is 0 Å². The molecule has 0 aromatic heterocycles. The molecule has 0 radical (unpaired) electrons. The van der Waals surface area contributed by atoms with E-state index in [0.717, 1.165) is 25.7 Å². The van der Waals surface area contributed by atoms with Gasteiger partial charge in [0, 0.05) is 25.8 Å². The Hall–Kier alpha value is -1.25. The van der Waals surface area contributed by atoms with E-state index in [2.05, 4.69) is 38.2 Å². The second-order valence-electron chi connectivity index (χ2n) is 12.0. The third kappa shape index (κ3) is 4.62. The Bertz CT molecular complexity index is 947. The second kappa shape index (κ2) is 9.32. The van der Waals surface area contributed by atoms with E-state index in [1.165, 1.54) is 0 Å². The summed E-state index contributed by atoms with van der Waals surface area (Å²) in [5, 5.41) is 14.1. The Morgan fingerprint density at radius 2 is 1.97 bits per heavy atom. The minimum Gasteiger partial charge on any atom is -0.393 e. The molecule has 0 bridgehead atoms. The van der Waals surface area contributed by atoms with Crippen molar-refractivity contribution in [3.05, 3.63) is 12.2 Å². The number of aliphatic hydroxyl groups excluding tert-OH is 1. The molecule has 4 aliphatic carbocycles. The summed E-state index contributed by atoms with van der Waals surface area (Å²) in [4.78, 5) is 24.3. The molecule has 3 N–H and O–H groups in total. The molecule has 4 aliphatic rings. The lowest BCUT2D eigenvalue weighted by Crippen LogP contribution is -2.57. The van der Waals surface area contributed by atoms with Crippen molar-refractivity contribution >= 4 is 21.8 Å². The predicted octanol–water partition coefficient (Wildman–Crippen LogP) is 3.38. The van der Waals surface area contributed by atoms with Crippen molar-refractivity contribution in [3.63, 3.8) is 0 Å². The molecular formula is C26H41NO6S. The Labute approximate surface area is 203 Å². The maximum atomic E-state index is 12.2. The molecule has 8 heteroatoms. The van der Waals surface area contributed by atoms with Crippen molar-refractivity contribution in [2.24, 2.45) is 46.3 Å². The van der Waals surface area contributed by atoms with E-state index in [1.54, 1.807) is 0 Å². The first-order valence-electron chi connectivity index (χ1n) is 13.0. The van der Waals surface area contributed by atoms with Crippen LogP contribution in [0.2, 0.25) is 0 Å². The zero-order chi connectivity index (χ0) is 24.9. The molecule has 0 aromatic rings. The van der Waals surface area contributed by atoms with E-state index in [9.17, 15) is 23.1 Å². The molecule has 0 spiro atoms. The molecule has 0 saturated heterocycles. The lowest BCUT2D eigenvalue weighted by molar-refractivity contribution is -0.145. The Morgan fingerprint density at radius 1 is 1.24 bits per heavy atom. The number of aliphatic hydroxyl groups is 1. The lowest BCUT2D eigenvalue weighted by Gasteiger charge is -2.60. The number of amides is 1. The van der Waals surface area contributed by atoms with Crippen LogP contribution >= 0.6 is 0 Å². The van der Waals surface area contributed by atoms with E-state index >= 15 is 0 Å². The van der Waals surface area contributed by atoms with Gasteiger partial charge in [-0.3, -0.25) is 14.1 Å². The van der Waals surface area contributed by atoms with Gasteiger partial charge in [-0.2, -0.15) is 8.42 Å². The number of ketones is 1. The van der Waals surface area contributed by atoms with Gasteiger partial charge in [0.15, 0.2) is 0 Å². The largest absolute Gasteiger partial charge is 0.393 e. The molecular weight excluding hydrogens is 454 g/mol. The molecule has 3 fully saturated rings. The van der Waals surface area contributed by atoms with Crippen molar-refractivity contribution in [1.29, 1.82) is 0 Å². The number of hydrogen-bond donors (Lipinski definition) is 3. The predicted molar refractivity (Wildman–Crippen MR) is 129 cm³/mol. The minimum atomic E-state index is -4.08. The smallest absolute Gasteiger partial charge is 0.266 e. The summed E-state index contributed by atoms with van der Waals surface area (Å²) in [6, 6.07) is 0. The number of carbonyl (C=O) groups excluding carboxylic acids is 2. The van der Waals surface area contributed by atoms with Crippen LogP contribution in [0, 0.1) is 46.3 Å². The first-order chi connectivity index (χ1) is 15.9. The number of nitrogens with one attached hydrogen (secondary N) is 1. The Morgan fingerprint density at radius 3 is 2.68 bits per heavy atom. The summed E-state index contributed by atoms with van der Waals surface area (Å²) in [5.41, 5.74) is -0.112. The van der Waals surface area contributed by atoms with Crippen molar-refractivity contribution in [2.45, 2.75) is 78.2 Å². The SMILES string of the molecule is CC(CCC(=O)NCCS(=O)(=O)O)C1CCC2C3C=CC4CC(=O)CCC4(C)C3CC(O)C12C. The van der Waals surface area contributed by atoms with Crippen molar-refractivity contribution < 1.29 is 27.7 Å². The maximum absolute atomic E-state index is 12.2. The summed E-state index contributed by atoms with van der Waals surface area (Å²) in [6.45, 7) is 6.68. The third-order valence-electron chi connectivity index (χ3n) is 10.4. The quantitative estimate of drug-likeness (QED) is 0.368. The van der Waals surface area contributed by atoms with E-state index < -0.39 is 15.9 Å². The topological polar surface area (TPSA) is 121 Å². The standard InChI is InChI=1S/C26H41NO6S/c1-16(4-9-24(30)27-12-13-34(31,32)33)20-7-8-21-19-6-5-17-14-18(28)10-11-25(17,2)22(19)15-23(29)26(20,21)3/h5-6,16-17,19-23,29H,4,7-15H2,1-3H3,(H,27,30)(H,31,32,33). The van der Waals surface area contributed by atoms with E-state index in [-0.39, 0.29) is 35.3 Å². The highest BCUT2D eigenvalue weighted by Crippen LogP contribution is 2.66. The molecule has 0 aromatic carbocycles. The fourth-order valence-electron chi connectivity index (χ4n) is 8.32. The van der Waals surface area contributed by atoms with Gasteiger partial charge in [0.1, 0.15) is 5.78 Å². The van der Waals surface area contributed by atoms with Crippen LogP contribution in [-0.4, -0.2) is 48.2 Å². The summed E-state index contributed by atoms with van der Waals surface area (Å²) in [6.07, 6.45) is 10.4. The van der Waals surface area contributed by atoms with Crippen LogP contribution in [0.1, 0.15) is 72.1 Å². The van der Waals surface area contributed by atoms with Crippen LogP contribution in [0.5, 0.6) is 0 Å². The first kappa shape index (κ1) is 25.8. The fourth-order valence-corrected chi connectivity index (χ4v) is 8.68. The van der Waals surface area contributed by atoms with E-state index in [4.69, 9.17) is 4.55 Å². The summed E-state index contributed by atoms with van der Waals surface area (Å²) >= 11 is 0. The molecule has 1 amide bonds. The number of fused-ring (bicyclic) bond motifs is 5. The van der Waals surface area contributed by atoms with Gasteiger partial charge in [0.2, 0.25) is 5.91 Å². The molecule has 4 rings (SSSR count). The number of Topliss-reactive ketones (excluding diaryl/α,β-unsaturated/α-hetero) is 1. The molecule has 0 heterocycles. The summed E-state index contributed by atoms with van der Waals surface area (Å²) in [5.74, 6) is 1.81. The molecule has 3 saturated carbocycles. The van der Waals surface area contributed by atoms with Gasteiger partial charge >= 0.3 is 0 Å². The average molecular weight is 496 g/mol. The van der Waals surface area contributed by atoms with Gasteiger partial charge in [0.05, 0.1) is 11.9 Å². The fraction of sp³-hybridized carbons (Fsp3) is 0.846. The number of hydrogen-bond acceptors (Lipinski definition) is 5. The van der Waals surface area contributed by atoms with Crippen LogP contribution in [0.25, 0.3) is 0 Å². The van der Waals surface area contributed by atoms with Crippen LogP contribution in [0.15, 0.2) is 12.2 Å². The average Bonchev–Trinajstić information content (AvgIpc) is 3.11. The number of allylic oxidation sites excluding steroid dienone is 2. The van der Waals surface area contributed by atoms with Gasteiger partial charge in [-0.1, -0.05) is 32.9 Å². The Kier molecular flexibility index (Phi) is 7.08. The van der Waals surface area contributed by atoms with Crippen LogP contribution in [0.3, 0.4) is 0 Å². The van der Waals surface area contributed by atoms with E-state index in [0.29, 0.717) is 61.1 Å². The van der Waals surface area contributed by atoms with Gasteiger partial charge in [0.25, 0.3) is 10.1 Å². The summed E-state index contributed by atoms with van der Waals surface area (Å²) in [7, 11) is -4.08. The zero-order valence-electron chi connectivity index (χ0n) is 20.7. The number of rotatable bonds is 7. The van der Waals surface area contributed by atoms with E-state index in [1.807, 2.05) is 0 Å². The normalized spacial score (nSPS) is 42.4. The highest BCUT2D eigenvalue weighted by atomic mass is 32.2. The minimum absolute atomic E-state index is 0.0828. The van der Waals surface area contributed by atoms with Gasteiger partial charge in [-0.15, -0.1) is 0 Å². The molecule has 7 nitrogen and oxygen atoms in total. The molecule has 9 atom stereocenters. The monoisotopic (exact) mass is 495 g/mol. The lowest BCUT2D eigenvalue weighted by atomic mass is 9.45. The van der Waals surface area contributed by atoms with Gasteiger partial charge < -0.3 is 10.4 Å². The summed E-state index contributed by atoms with van der Waals surface area (Å²) < 4.78 is 30.5. The maximum Gasteiger partial charge on any atom is 0.266 e. The third-order valence-corrected chi connectivity index (χ3v) is 11.1. The van der Waals surface area contributed by atoms with Gasteiger partial charge in [-0.05, 0) is 78.4 Å². The second-order valence-corrected chi connectivity index (χ2v) is 13.6. The molecule has 34 heavy (non-hydrogen) atoms. The molecule has 192 valence electrons. The first-order valence-corrected chi connectivity index (χ1v) is 14.6. The van der Waals surface area contributed by atoms with Crippen LogP contribution < -0.4 is 5.32 Å². The van der Waals surface area contributed by atoms with Crippen molar-refractivity contribution in [1.82, 2.24) is 5.32 Å². The number of carbonyl (C=O) groups is 2. The van der Waals surface area contributed by atoms with Gasteiger partial charge in [-0.25, -0.2) is 0 Å². The van der Waals surface area contributed by atoms with Crippen molar-refractivity contribution in [3.8, 4) is 0 Å². The molecule has 0 aliphatic heterocycles. The highest BCUT2D eigenvalue weighted by Gasteiger charge is 2.62.